The van der Waals surface area contributed by atoms with Crippen LogP contribution < -0.4 is 9.47 Å². The maximum atomic E-state index is 13.6. The lowest BCUT2D eigenvalue weighted by molar-refractivity contribution is -0.137. The van der Waals surface area contributed by atoms with Gasteiger partial charge in [-0.2, -0.15) is 0 Å². The molecule has 0 aliphatic rings. The van der Waals surface area contributed by atoms with Gasteiger partial charge in [0.2, 0.25) is 0 Å². The molecule has 4 aromatic rings. The third kappa shape index (κ3) is 7.87. The molecule has 0 bridgehead atoms. The molecule has 0 unspecified atom stereocenters. The Morgan fingerprint density at radius 3 is 2.33 bits per heavy atom. The van der Waals surface area contributed by atoms with E-state index in [2.05, 4.69) is 0 Å². The highest BCUT2D eigenvalue weighted by molar-refractivity contribution is 8.00. The molecule has 0 saturated heterocycles. The minimum absolute atomic E-state index is 0.109. The number of halogens is 1. The predicted molar refractivity (Wildman–Crippen MR) is 150 cm³/mol. The molecule has 0 saturated carbocycles. The summed E-state index contributed by atoms with van der Waals surface area (Å²) in [4.78, 5) is 23.2. The van der Waals surface area contributed by atoms with Crippen LogP contribution in [0, 0.1) is 5.82 Å². The maximum Gasteiger partial charge on any atom is 0.323 e. The molecular formula is C30H28FNO6S. The summed E-state index contributed by atoms with van der Waals surface area (Å²) in [6.07, 6.45) is 7.05. The summed E-state index contributed by atoms with van der Waals surface area (Å²) in [7, 11) is 0. The summed E-state index contributed by atoms with van der Waals surface area (Å²) in [6, 6.07) is 19.6. The molecule has 2 N–H and O–H groups in total. The summed E-state index contributed by atoms with van der Waals surface area (Å²) < 4.78 is 26.4. The van der Waals surface area contributed by atoms with Gasteiger partial charge in [-0.25, -0.2) is 4.39 Å². The lowest BCUT2D eigenvalue weighted by Gasteiger charge is -2.08. The van der Waals surface area contributed by atoms with Crippen LogP contribution in [0.2, 0.25) is 0 Å². The van der Waals surface area contributed by atoms with Crippen molar-refractivity contribution in [3.63, 3.8) is 0 Å². The quantitative estimate of drug-likeness (QED) is 0.106. The third-order valence-electron chi connectivity index (χ3n) is 5.79. The highest BCUT2D eigenvalue weighted by Gasteiger charge is 2.14. The first-order valence-electron chi connectivity index (χ1n) is 12.4. The first kappa shape index (κ1) is 27.8. The summed E-state index contributed by atoms with van der Waals surface area (Å²) in [6.45, 7) is 0.702. The number of carboxylic acid groups (broad SMARTS) is 2. The number of thioether (sulfide) groups is 1. The molecule has 39 heavy (non-hydrogen) atoms. The average Bonchev–Trinajstić information content (AvgIpc) is 3.27. The Morgan fingerprint density at radius 2 is 1.62 bits per heavy atom. The molecule has 202 valence electrons. The number of nitrogens with zero attached hydrogens (tertiary/aromatic N) is 1. The van der Waals surface area contributed by atoms with Crippen LogP contribution in [0.15, 0.2) is 77.8 Å². The number of ether oxygens (including phenoxy) is 2. The van der Waals surface area contributed by atoms with Crippen LogP contribution in [0.25, 0.3) is 23.1 Å². The number of rotatable bonds is 14. The number of aliphatic carboxylic acids is 2. The number of fused-ring (bicyclic) bond motifs is 1. The Kier molecular flexibility index (Phi) is 9.64. The first-order valence-corrected chi connectivity index (χ1v) is 13.4. The predicted octanol–water partition coefficient (Wildman–Crippen LogP) is 6.45. The fourth-order valence-electron chi connectivity index (χ4n) is 4.02. The van der Waals surface area contributed by atoms with Crippen molar-refractivity contribution in [1.29, 1.82) is 0 Å². The first-order chi connectivity index (χ1) is 18.9. The highest BCUT2D eigenvalue weighted by atomic mass is 32.2. The number of hydrogen-bond donors (Lipinski definition) is 2. The summed E-state index contributed by atoms with van der Waals surface area (Å²) in [5.74, 6) is -1.40. The van der Waals surface area contributed by atoms with Gasteiger partial charge < -0.3 is 24.3 Å². The second kappa shape index (κ2) is 13.5. The zero-order chi connectivity index (χ0) is 27.6. The number of unbranched alkanes of at least 4 members (excludes halogenated alkanes) is 1. The Labute approximate surface area is 229 Å². The van der Waals surface area contributed by atoms with Crippen molar-refractivity contribution < 1.29 is 33.7 Å². The second-order valence-electron chi connectivity index (χ2n) is 8.68. The topological polar surface area (TPSA) is 98.0 Å². The van der Waals surface area contributed by atoms with E-state index in [1.807, 2.05) is 54.6 Å². The van der Waals surface area contributed by atoms with Crippen molar-refractivity contribution in [2.75, 3.05) is 19.0 Å². The van der Waals surface area contributed by atoms with Crippen LogP contribution in [0.4, 0.5) is 4.39 Å². The lowest BCUT2D eigenvalue weighted by Crippen LogP contribution is -2.07. The summed E-state index contributed by atoms with van der Waals surface area (Å²) in [5, 5.41) is 19.2. The Morgan fingerprint density at radius 1 is 0.872 bits per heavy atom. The van der Waals surface area contributed by atoms with Crippen molar-refractivity contribution >= 4 is 46.8 Å². The fraction of sp³-hybridized carbons (Fsp3) is 0.200. The van der Waals surface area contributed by atoms with Gasteiger partial charge in [0.1, 0.15) is 12.3 Å². The SMILES string of the molecule is O=C(O)CSc1cn(CC(=O)O)c2c(/C=C/c3ccc(OCCCCOc4ccccc4F)cc3)cccc12. The molecular weight excluding hydrogens is 521 g/mol. The minimum atomic E-state index is -0.978. The molecule has 0 fully saturated rings. The van der Waals surface area contributed by atoms with Crippen molar-refractivity contribution in [2.24, 2.45) is 0 Å². The molecule has 0 aliphatic carbocycles. The summed E-state index contributed by atoms with van der Waals surface area (Å²) >= 11 is 1.17. The zero-order valence-electron chi connectivity index (χ0n) is 21.1. The Bertz CT molecular complexity index is 1460. The van der Waals surface area contributed by atoms with E-state index in [4.69, 9.17) is 14.6 Å². The summed E-state index contributed by atoms with van der Waals surface area (Å²) in [5.41, 5.74) is 2.51. The number of carboxylic acids is 2. The van der Waals surface area contributed by atoms with E-state index >= 15 is 0 Å². The zero-order valence-corrected chi connectivity index (χ0v) is 21.9. The van der Waals surface area contributed by atoms with Crippen molar-refractivity contribution in [2.45, 2.75) is 24.3 Å². The molecule has 0 atom stereocenters. The van der Waals surface area contributed by atoms with Crippen LogP contribution in [0.5, 0.6) is 11.5 Å². The van der Waals surface area contributed by atoms with Crippen molar-refractivity contribution in [1.82, 2.24) is 4.57 Å². The van der Waals surface area contributed by atoms with E-state index in [-0.39, 0.29) is 23.9 Å². The van der Waals surface area contributed by atoms with Gasteiger partial charge in [0.05, 0.1) is 24.5 Å². The normalized spacial score (nSPS) is 11.2. The third-order valence-corrected chi connectivity index (χ3v) is 6.81. The Balaban J connectivity index is 1.35. The maximum absolute atomic E-state index is 13.6. The van der Waals surface area contributed by atoms with E-state index < -0.39 is 11.9 Å². The molecule has 0 aliphatic heterocycles. The van der Waals surface area contributed by atoms with E-state index in [1.54, 1.807) is 29.0 Å². The van der Waals surface area contributed by atoms with Crippen LogP contribution in [-0.4, -0.2) is 45.7 Å². The van der Waals surface area contributed by atoms with Gasteiger partial charge in [-0.3, -0.25) is 9.59 Å². The van der Waals surface area contributed by atoms with Gasteiger partial charge in [-0.15, -0.1) is 11.8 Å². The Hall–Kier alpha value is -4.24. The molecule has 0 amide bonds. The number of carbonyl (C=O) groups is 2. The van der Waals surface area contributed by atoms with Crippen LogP contribution in [-0.2, 0) is 16.1 Å². The number of hydrogen-bond acceptors (Lipinski definition) is 5. The van der Waals surface area contributed by atoms with Crippen molar-refractivity contribution in [3.05, 3.63) is 89.9 Å². The van der Waals surface area contributed by atoms with E-state index in [1.165, 1.54) is 17.8 Å². The number of benzene rings is 3. The van der Waals surface area contributed by atoms with Gasteiger partial charge in [0.25, 0.3) is 0 Å². The van der Waals surface area contributed by atoms with Crippen LogP contribution >= 0.6 is 11.8 Å². The average molecular weight is 550 g/mol. The van der Waals surface area contributed by atoms with Crippen LogP contribution in [0.3, 0.4) is 0 Å². The molecule has 7 nitrogen and oxygen atoms in total. The van der Waals surface area contributed by atoms with Gasteiger partial charge in [-0.1, -0.05) is 54.6 Å². The van der Waals surface area contributed by atoms with Gasteiger partial charge in [0.15, 0.2) is 11.6 Å². The molecule has 0 spiro atoms. The van der Waals surface area contributed by atoms with E-state index in [0.29, 0.717) is 13.2 Å². The van der Waals surface area contributed by atoms with Gasteiger partial charge in [0, 0.05) is 16.5 Å². The van der Waals surface area contributed by atoms with Gasteiger partial charge in [-0.05, 0) is 48.2 Å². The molecule has 3 aromatic carbocycles. The minimum Gasteiger partial charge on any atom is -0.494 e. The highest BCUT2D eigenvalue weighted by Crippen LogP contribution is 2.33. The smallest absolute Gasteiger partial charge is 0.323 e. The van der Waals surface area contributed by atoms with E-state index in [0.717, 1.165) is 45.5 Å². The molecule has 4 rings (SSSR count). The van der Waals surface area contributed by atoms with E-state index in [9.17, 15) is 19.1 Å². The lowest BCUT2D eigenvalue weighted by atomic mass is 10.1. The van der Waals surface area contributed by atoms with Crippen LogP contribution in [0.1, 0.15) is 24.0 Å². The number of aromatic nitrogens is 1. The molecule has 1 aromatic heterocycles. The molecule has 9 heteroatoms. The second-order valence-corrected chi connectivity index (χ2v) is 9.69. The largest absolute Gasteiger partial charge is 0.494 e. The van der Waals surface area contributed by atoms with Gasteiger partial charge >= 0.3 is 11.9 Å². The standard InChI is InChI=1S/C30H28FNO6S/c31-25-8-1-2-9-26(25)38-17-4-3-16-37-23-14-11-21(12-15-23)10-13-22-6-5-7-24-27(39-20-29(35)36)18-32(30(22)24)19-28(33)34/h1-2,5-15,18H,3-4,16-17,19-20H2,(H,33,34)(H,35,36)/b13-10+. The molecule has 1 heterocycles. The number of para-hydroxylation sites is 2. The molecule has 0 radical (unpaired) electrons. The van der Waals surface area contributed by atoms with Crippen molar-refractivity contribution in [3.8, 4) is 11.5 Å². The fourth-order valence-corrected chi connectivity index (χ4v) is 4.82. The monoisotopic (exact) mass is 549 g/mol.